The molecule has 114 valence electrons. The van der Waals surface area contributed by atoms with E-state index in [1.807, 2.05) is 0 Å². The number of hydrogen-bond acceptors (Lipinski definition) is 3. The molecule has 3 rings (SSSR count). The zero-order valence-electron chi connectivity index (χ0n) is 12.6. The van der Waals surface area contributed by atoms with E-state index < -0.39 is 0 Å². The molecule has 2 saturated carbocycles. The summed E-state index contributed by atoms with van der Waals surface area (Å²) < 4.78 is 0. The van der Waals surface area contributed by atoms with Crippen molar-refractivity contribution in [3.8, 4) is 0 Å². The second-order valence-electron chi connectivity index (χ2n) is 6.92. The van der Waals surface area contributed by atoms with Crippen LogP contribution in [0.25, 0.3) is 0 Å². The van der Waals surface area contributed by atoms with Crippen molar-refractivity contribution in [1.82, 2.24) is 10.2 Å². The molecule has 2 N–H and O–H groups in total. The summed E-state index contributed by atoms with van der Waals surface area (Å²) in [7, 11) is 0. The Morgan fingerprint density at radius 3 is 2.50 bits per heavy atom. The number of rotatable bonds is 2. The highest BCUT2D eigenvalue weighted by Gasteiger charge is 2.44. The molecule has 0 spiro atoms. The van der Waals surface area contributed by atoms with Crippen LogP contribution in [-0.2, 0) is 4.79 Å². The third kappa shape index (κ3) is 2.73. The summed E-state index contributed by atoms with van der Waals surface area (Å²) >= 11 is 0. The molecule has 0 aromatic rings. The maximum Gasteiger partial charge on any atom is 0.219 e. The van der Waals surface area contributed by atoms with Crippen LogP contribution in [0.1, 0.15) is 58.3 Å². The van der Waals surface area contributed by atoms with Crippen LogP contribution >= 0.6 is 0 Å². The highest BCUT2D eigenvalue weighted by atomic mass is 16.3. The number of aliphatic hydroxyl groups is 1. The number of hydrogen-bond donors (Lipinski definition) is 2. The van der Waals surface area contributed by atoms with Crippen molar-refractivity contribution < 1.29 is 9.90 Å². The maximum absolute atomic E-state index is 11.9. The molecule has 0 aromatic carbocycles. The van der Waals surface area contributed by atoms with E-state index in [9.17, 15) is 9.90 Å². The van der Waals surface area contributed by atoms with Crippen molar-refractivity contribution in [3.63, 3.8) is 0 Å². The fourth-order valence-corrected chi connectivity index (χ4v) is 4.60. The molecule has 5 unspecified atom stereocenters. The molecule has 5 atom stereocenters. The van der Waals surface area contributed by atoms with Crippen LogP contribution in [0.4, 0.5) is 0 Å². The van der Waals surface area contributed by atoms with E-state index in [1.54, 1.807) is 6.92 Å². The monoisotopic (exact) mass is 280 g/mol. The van der Waals surface area contributed by atoms with Gasteiger partial charge in [0.15, 0.2) is 0 Å². The number of carbonyl (C=O) groups is 1. The molecule has 0 aromatic heterocycles. The van der Waals surface area contributed by atoms with Crippen LogP contribution < -0.4 is 5.32 Å². The van der Waals surface area contributed by atoms with Crippen LogP contribution in [0.2, 0.25) is 0 Å². The number of fused-ring (bicyclic) bond motifs is 1. The SMILES string of the molecule is CC(=O)N1CC(NC2CCCCC2O)C2CCCCC21. The van der Waals surface area contributed by atoms with Crippen LogP contribution in [0.5, 0.6) is 0 Å². The quantitative estimate of drug-likeness (QED) is 0.809. The van der Waals surface area contributed by atoms with Crippen LogP contribution in [0.3, 0.4) is 0 Å². The molecule has 0 radical (unpaired) electrons. The normalized spacial score (nSPS) is 41.5. The van der Waals surface area contributed by atoms with Gasteiger partial charge in [-0.3, -0.25) is 4.79 Å². The first-order valence-electron chi connectivity index (χ1n) is 8.38. The summed E-state index contributed by atoms with van der Waals surface area (Å²) in [5, 5.41) is 13.9. The fourth-order valence-electron chi connectivity index (χ4n) is 4.60. The molecule has 4 nitrogen and oxygen atoms in total. The standard InChI is InChI=1S/C16H28N2O2/c1-11(19)18-10-14(12-6-2-4-8-15(12)18)17-13-7-3-5-9-16(13)20/h12-17,20H,2-10H2,1H3. The Bertz CT molecular complexity index is 360. The number of carbonyl (C=O) groups excluding carboxylic acids is 1. The van der Waals surface area contributed by atoms with E-state index in [0.717, 1.165) is 32.2 Å². The van der Waals surface area contributed by atoms with Gasteiger partial charge in [-0.1, -0.05) is 25.7 Å². The second kappa shape index (κ2) is 6.02. The average Bonchev–Trinajstić information content (AvgIpc) is 2.81. The molecule has 1 aliphatic heterocycles. The van der Waals surface area contributed by atoms with Crippen LogP contribution in [-0.4, -0.2) is 46.7 Å². The first kappa shape index (κ1) is 14.3. The number of aliphatic hydroxyl groups excluding tert-OH is 1. The molecule has 3 aliphatic rings. The van der Waals surface area contributed by atoms with E-state index >= 15 is 0 Å². The molecule has 4 heteroatoms. The lowest BCUT2D eigenvalue weighted by atomic mass is 9.82. The topological polar surface area (TPSA) is 52.6 Å². The minimum absolute atomic E-state index is 0.197. The zero-order chi connectivity index (χ0) is 14.1. The number of nitrogens with zero attached hydrogens (tertiary/aromatic N) is 1. The maximum atomic E-state index is 11.9. The lowest BCUT2D eigenvalue weighted by molar-refractivity contribution is -0.130. The van der Waals surface area contributed by atoms with Gasteiger partial charge in [0.05, 0.1) is 6.10 Å². The number of amides is 1. The summed E-state index contributed by atoms with van der Waals surface area (Å²) in [6, 6.07) is 1.07. The summed E-state index contributed by atoms with van der Waals surface area (Å²) in [5.74, 6) is 0.817. The molecule has 0 bridgehead atoms. The predicted molar refractivity (Wildman–Crippen MR) is 78.3 cm³/mol. The Balaban J connectivity index is 1.67. The Hall–Kier alpha value is -0.610. The molecule has 1 saturated heterocycles. The summed E-state index contributed by atoms with van der Waals surface area (Å²) in [6.45, 7) is 2.54. The van der Waals surface area contributed by atoms with E-state index in [2.05, 4.69) is 10.2 Å². The van der Waals surface area contributed by atoms with Crippen molar-refractivity contribution in [1.29, 1.82) is 0 Å². The first-order chi connectivity index (χ1) is 9.66. The Morgan fingerprint density at radius 1 is 1.05 bits per heavy atom. The van der Waals surface area contributed by atoms with Crippen LogP contribution in [0.15, 0.2) is 0 Å². The molecule has 2 aliphatic carbocycles. The lowest BCUT2D eigenvalue weighted by Gasteiger charge is -2.35. The Labute approximate surface area is 121 Å². The largest absolute Gasteiger partial charge is 0.392 e. The van der Waals surface area contributed by atoms with Crippen molar-refractivity contribution in [3.05, 3.63) is 0 Å². The van der Waals surface area contributed by atoms with Crippen molar-refractivity contribution in [2.45, 2.75) is 82.5 Å². The zero-order valence-corrected chi connectivity index (χ0v) is 12.6. The molecule has 1 amide bonds. The van der Waals surface area contributed by atoms with E-state index in [1.165, 1.54) is 25.7 Å². The third-order valence-corrected chi connectivity index (χ3v) is 5.65. The van der Waals surface area contributed by atoms with Gasteiger partial charge in [0.1, 0.15) is 0 Å². The van der Waals surface area contributed by atoms with E-state index in [4.69, 9.17) is 0 Å². The molecular weight excluding hydrogens is 252 g/mol. The molecule has 1 heterocycles. The van der Waals surface area contributed by atoms with Crippen molar-refractivity contribution in [2.75, 3.05) is 6.54 Å². The highest BCUT2D eigenvalue weighted by molar-refractivity contribution is 5.74. The molecular formula is C16H28N2O2. The number of nitrogens with one attached hydrogen (secondary N) is 1. The summed E-state index contributed by atoms with van der Waals surface area (Å²) in [5.41, 5.74) is 0. The van der Waals surface area contributed by atoms with Gasteiger partial charge in [-0.25, -0.2) is 0 Å². The second-order valence-corrected chi connectivity index (χ2v) is 6.92. The van der Waals surface area contributed by atoms with E-state index in [-0.39, 0.29) is 18.1 Å². The predicted octanol–water partition coefficient (Wildman–Crippen LogP) is 1.67. The van der Waals surface area contributed by atoms with Gasteiger partial charge < -0.3 is 15.3 Å². The minimum atomic E-state index is -0.197. The first-order valence-corrected chi connectivity index (χ1v) is 8.38. The van der Waals surface area contributed by atoms with Gasteiger partial charge in [-0.05, 0) is 31.6 Å². The van der Waals surface area contributed by atoms with Crippen molar-refractivity contribution >= 4 is 5.91 Å². The Kier molecular flexibility index (Phi) is 4.32. The van der Waals surface area contributed by atoms with Gasteiger partial charge in [-0.2, -0.15) is 0 Å². The third-order valence-electron chi connectivity index (χ3n) is 5.65. The van der Waals surface area contributed by atoms with Gasteiger partial charge in [0.25, 0.3) is 0 Å². The van der Waals surface area contributed by atoms with Gasteiger partial charge in [0, 0.05) is 31.6 Å². The highest BCUT2D eigenvalue weighted by Crippen LogP contribution is 2.37. The smallest absolute Gasteiger partial charge is 0.219 e. The summed E-state index contributed by atoms with van der Waals surface area (Å²) in [6.07, 6.45) is 9.11. The van der Waals surface area contributed by atoms with Crippen molar-refractivity contribution in [2.24, 2.45) is 5.92 Å². The number of likely N-dealkylation sites (tertiary alicyclic amines) is 1. The van der Waals surface area contributed by atoms with E-state index in [0.29, 0.717) is 18.0 Å². The summed E-state index contributed by atoms with van der Waals surface area (Å²) in [4.78, 5) is 13.9. The molecule has 3 fully saturated rings. The Morgan fingerprint density at radius 2 is 1.75 bits per heavy atom. The lowest BCUT2D eigenvalue weighted by Crippen LogP contribution is -2.50. The van der Waals surface area contributed by atoms with Gasteiger partial charge in [0.2, 0.25) is 5.91 Å². The molecule has 20 heavy (non-hydrogen) atoms. The minimum Gasteiger partial charge on any atom is -0.392 e. The van der Waals surface area contributed by atoms with Gasteiger partial charge in [-0.15, -0.1) is 0 Å². The average molecular weight is 280 g/mol. The fraction of sp³-hybridized carbons (Fsp3) is 0.938. The van der Waals surface area contributed by atoms with Crippen LogP contribution in [0, 0.1) is 5.92 Å². The van der Waals surface area contributed by atoms with Gasteiger partial charge >= 0.3 is 0 Å².